The fourth-order valence-corrected chi connectivity index (χ4v) is 1.29. The molecule has 0 unspecified atom stereocenters. The van der Waals surface area contributed by atoms with Gasteiger partial charge in [-0.15, -0.1) is 0 Å². The largest absolute Gasteiger partial charge is 0.496 e. The first-order valence-corrected chi connectivity index (χ1v) is 4.19. The molecule has 0 aliphatic rings. The van der Waals surface area contributed by atoms with Gasteiger partial charge in [0.05, 0.1) is 18.7 Å². The first-order chi connectivity index (χ1) is 6.60. The molecule has 0 spiro atoms. The highest BCUT2D eigenvalue weighted by atomic mass is 16.5. The summed E-state index contributed by atoms with van der Waals surface area (Å²) in [6.07, 6.45) is 0. The smallest absolute Gasteiger partial charge is 0.161 e. The summed E-state index contributed by atoms with van der Waals surface area (Å²) in [5.41, 5.74) is 1.67. The van der Waals surface area contributed by atoms with Crippen LogP contribution in [-0.4, -0.2) is 12.9 Å². The van der Waals surface area contributed by atoms with Gasteiger partial charge in [-0.3, -0.25) is 4.79 Å². The van der Waals surface area contributed by atoms with E-state index in [-0.39, 0.29) is 5.78 Å². The molecule has 0 N–H and O–H groups in total. The Labute approximate surface area is 82.9 Å². The SMILES string of the molecule is COc1cc(C(C)=O)c(C#N)cc1C. The summed E-state index contributed by atoms with van der Waals surface area (Å²) in [5.74, 6) is 0.508. The highest BCUT2D eigenvalue weighted by molar-refractivity contribution is 5.97. The third-order valence-electron chi connectivity index (χ3n) is 2.03. The van der Waals surface area contributed by atoms with Crippen molar-refractivity contribution in [2.45, 2.75) is 13.8 Å². The molecule has 0 aliphatic carbocycles. The zero-order valence-electron chi connectivity index (χ0n) is 8.42. The van der Waals surface area contributed by atoms with E-state index in [9.17, 15) is 4.79 Å². The van der Waals surface area contributed by atoms with Crippen molar-refractivity contribution in [2.75, 3.05) is 7.11 Å². The maximum absolute atomic E-state index is 11.2. The molecule has 1 rings (SSSR count). The Morgan fingerprint density at radius 1 is 1.50 bits per heavy atom. The van der Waals surface area contributed by atoms with Gasteiger partial charge in [0, 0.05) is 5.56 Å². The molecule has 1 aromatic rings. The lowest BCUT2D eigenvalue weighted by Crippen LogP contribution is -1.99. The van der Waals surface area contributed by atoms with Gasteiger partial charge < -0.3 is 4.74 Å². The number of carbonyl (C=O) groups excluding carboxylic acids is 1. The molecule has 72 valence electrons. The highest BCUT2D eigenvalue weighted by Crippen LogP contribution is 2.22. The fourth-order valence-electron chi connectivity index (χ4n) is 1.29. The molecule has 3 heteroatoms. The number of carbonyl (C=O) groups is 1. The van der Waals surface area contributed by atoms with Crippen LogP contribution in [0.5, 0.6) is 5.75 Å². The molecule has 0 saturated heterocycles. The molecule has 0 saturated carbocycles. The van der Waals surface area contributed by atoms with Crippen LogP contribution in [-0.2, 0) is 0 Å². The minimum Gasteiger partial charge on any atom is -0.496 e. The van der Waals surface area contributed by atoms with Gasteiger partial charge in [-0.25, -0.2) is 0 Å². The zero-order chi connectivity index (χ0) is 10.7. The quantitative estimate of drug-likeness (QED) is 0.669. The summed E-state index contributed by atoms with van der Waals surface area (Å²) in [6.45, 7) is 3.27. The van der Waals surface area contributed by atoms with Crippen molar-refractivity contribution >= 4 is 5.78 Å². The molecule has 0 amide bonds. The lowest BCUT2D eigenvalue weighted by Gasteiger charge is -2.07. The number of hydrogen-bond donors (Lipinski definition) is 0. The summed E-state index contributed by atoms with van der Waals surface area (Å²) >= 11 is 0. The molecule has 0 atom stereocenters. The maximum atomic E-state index is 11.2. The average molecular weight is 189 g/mol. The fraction of sp³-hybridized carbons (Fsp3) is 0.273. The van der Waals surface area contributed by atoms with Crippen molar-refractivity contribution in [3.05, 3.63) is 28.8 Å². The average Bonchev–Trinajstić information content (AvgIpc) is 2.16. The molecule has 1 aromatic carbocycles. The number of methoxy groups -OCH3 is 1. The van der Waals surface area contributed by atoms with Gasteiger partial charge in [-0.05, 0) is 31.5 Å². The third-order valence-corrected chi connectivity index (χ3v) is 2.03. The van der Waals surface area contributed by atoms with Gasteiger partial charge in [0.1, 0.15) is 5.75 Å². The van der Waals surface area contributed by atoms with Gasteiger partial charge >= 0.3 is 0 Å². The van der Waals surface area contributed by atoms with Crippen LogP contribution in [0.15, 0.2) is 12.1 Å². The standard InChI is InChI=1S/C11H11NO2/c1-7-4-9(6-12)10(8(2)13)5-11(7)14-3/h4-5H,1-3H3. The Hall–Kier alpha value is -1.82. The Bertz CT molecular complexity index is 416. The number of hydrogen-bond acceptors (Lipinski definition) is 3. The summed E-state index contributed by atoms with van der Waals surface area (Å²) in [5, 5.41) is 8.81. The van der Waals surface area contributed by atoms with Crippen molar-refractivity contribution < 1.29 is 9.53 Å². The van der Waals surface area contributed by atoms with E-state index in [0.29, 0.717) is 16.9 Å². The van der Waals surface area contributed by atoms with Crippen LogP contribution in [0.1, 0.15) is 28.4 Å². The molecule has 0 aromatic heterocycles. The normalized spacial score (nSPS) is 9.29. The summed E-state index contributed by atoms with van der Waals surface area (Å²) in [7, 11) is 1.54. The van der Waals surface area contributed by atoms with Crippen LogP contribution >= 0.6 is 0 Å². The Balaban J connectivity index is 3.42. The second-order valence-corrected chi connectivity index (χ2v) is 3.04. The predicted molar refractivity (Wildman–Crippen MR) is 52.5 cm³/mol. The van der Waals surface area contributed by atoms with Gasteiger partial charge in [0.2, 0.25) is 0 Å². The highest BCUT2D eigenvalue weighted by Gasteiger charge is 2.10. The minimum atomic E-state index is -0.125. The Kier molecular flexibility index (Phi) is 2.88. The molecule has 0 heterocycles. The number of benzene rings is 1. The van der Waals surface area contributed by atoms with Crippen molar-refractivity contribution in [1.82, 2.24) is 0 Å². The van der Waals surface area contributed by atoms with Gasteiger partial charge in [0.15, 0.2) is 5.78 Å². The van der Waals surface area contributed by atoms with Gasteiger partial charge in [-0.1, -0.05) is 0 Å². The summed E-state index contributed by atoms with van der Waals surface area (Å²) < 4.78 is 5.07. The molecule has 3 nitrogen and oxygen atoms in total. The van der Waals surface area contributed by atoms with Crippen LogP contribution in [0.2, 0.25) is 0 Å². The van der Waals surface area contributed by atoms with Crippen molar-refractivity contribution in [1.29, 1.82) is 5.26 Å². The van der Waals surface area contributed by atoms with Gasteiger partial charge in [-0.2, -0.15) is 5.26 Å². The molecular weight excluding hydrogens is 178 g/mol. The van der Waals surface area contributed by atoms with E-state index in [1.54, 1.807) is 12.1 Å². The molecule has 0 radical (unpaired) electrons. The van der Waals surface area contributed by atoms with Crippen LogP contribution < -0.4 is 4.74 Å². The van der Waals surface area contributed by atoms with Crippen LogP contribution in [0.4, 0.5) is 0 Å². The van der Waals surface area contributed by atoms with Crippen LogP contribution in [0, 0.1) is 18.3 Å². The van der Waals surface area contributed by atoms with Gasteiger partial charge in [0.25, 0.3) is 0 Å². The molecular formula is C11H11NO2. The van der Waals surface area contributed by atoms with Crippen molar-refractivity contribution in [3.63, 3.8) is 0 Å². The van der Waals surface area contributed by atoms with E-state index < -0.39 is 0 Å². The minimum absolute atomic E-state index is 0.125. The monoisotopic (exact) mass is 189 g/mol. The van der Waals surface area contributed by atoms with E-state index in [1.165, 1.54) is 14.0 Å². The molecule has 0 fully saturated rings. The molecule has 0 aliphatic heterocycles. The predicted octanol–water partition coefficient (Wildman–Crippen LogP) is 2.08. The number of nitrogens with zero attached hydrogens (tertiary/aromatic N) is 1. The maximum Gasteiger partial charge on any atom is 0.161 e. The van der Waals surface area contributed by atoms with E-state index in [2.05, 4.69) is 0 Å². The number of Topliss-reactive ketones (excluding diaryl/α,β-unsaturated/α-hetero) is 1. The lowest BCUT2D eigenvalue weighted by atomic mass is 10.0. The second-order valence-electron chi connectivity index (χ2n) is 3.04. The van der Waals surface area contributed by atoms with Crippen molar-refractivity contribution in [2.24, 2.45) is 0 Å². The number of ketones is 1. The zero-order valence-corrected chi connectivity index (χ0v) is 8.42. The first-order valence-electron chi connectivity index (χ1n) is 4.19. The first kappa shape index (κ1) is 10.3. The molecule has 14 heavy (non-hydrogen) atoms. The van der Waals surface area contributed by atoms with E-state index in [0.717, 1.165) is 5.56 Å². The van der Waals surface area contributed by atoms with E-state index in [1.807, 2.05) is 13.0 Å². The number of aryl methyl sites for hydroxylation is 1. The summed E-state index contributed by atoms with van der Waals surface area (Å²) in [4.78, 5) is 11.2. The number of rotatable bonds is 2. The molecule has 0 bridgehead atoms. The number of ether oxygens (including phenoxy) is 1. The summed E-state index contributed by atoms with van der Waals surface area (Å²) in [6, 6.07) is 5.26. The van der Waals surface area contributed by atoms with E-state index >= 15 is 0 Å². The third kappa shape index (κ3) is 1.74. The Morgan fingerprint density at radius 2 is 2.14 bits per heavy atom. The van der Waals surface area contributed by atoms with Crippen LogP contribution in [0.3, 0.4) is 0 Å². The Morgan fingerprint density at radius 3 is 2.57 bits per heavy atom. The topological polar surface area (TPSA) is 50.1 Å². The number of nitriles is 1. The van der Waals surface area contributed by atoms with Crippen molar-refractivity contribution in [3.8, 4) is 11.8 Å². The van der Waals surface area contributed by atoms with E-state index in [4.69, 9.17) is 10.00 Å². The van der Waals surface area contributed by atoms with Crippen LogP contribution in [0.25, 0.3) is 0 Å². The second kappa shape index (κ2) is 3.93. The lowest BCUT2D eigenvalue weighted by molar-refractivity contribution is 0.101.